The summed E-state index contributed by atoms with van der Waals surface area (Å²) in [6.07, 6.45) is -0.902. The molecule has 0 radical (unpaired) electrons. The zero-order valence-corrected chi connectivity index (χ0v) is 15.0. The van der Waals surface area contributed by atoms with E-state index in [1.54, 1.807) is 20.8 Å². The van der Waals surface area contributed by atoms with Crippen molar-refractivity contribution in [2.75, 3.05) is 6.61 Å². The number of halogens is 2. The number of carbonyl (C=O) groups excluding carboxylic acids is 2. The van der Waals surface area contributed by atoms with Gasteiger partial charge in [0.25, 0.3) is 0 Å². The molecule has 0 aliphatic heterocycles. The second-order valence-corrected chi connectivity index (χ2v) is 6.57. The molecular formula is C13H17F2NO5P2. The van der Waals surface area contributed by atoms with Crippen molar-refractivity contribution in [3.63, 3.8) is 0 Å². The van der Waals surface area contributed by atoms with Gasteiger partial charge in [0.1, 0.15) is 5.60 Å². The van der Waals surface area contributed by atoms with E-state index in [1.165, 1.54) is 0 Å². The number of carbonyl (C=O) groups is 2. The lowest BCUT2D eigenvalue weighted by atomic mass is 10.2. The largest absolute Gasteiger partial charge is 0.442 e. The fourth-order valence-electron chi connectivity index (χ4n) is 1.33. The van der Waals surface area contributed by atoms with Crippen LogP contribution in [-0.2, 0) is 14.4 Å². The first kappa shape index (κ1) is 19.7. The van der Waals surface area contributed by atoms with Gasteiger partial charge in [0.2, 0.25) is 5.82 Å². The highest BCUT2D eigenvalue weighted by Crippen LogP contribution is 2.19. The number of amides is 1. The highest BCUT2D eigenvalue weighted by Gasteiger charge is 2.20. The van der Waals surface area contributed by atoms with E-state index in [1.807, 2.05) is 5.48 Å². The molecule has 2 unspecified atom stereocenters. The van der Waals surface area contributed by atoms with E-state index in [0.717, 1.165) is 6.07 Å². The van der Waals surface area contributed by atoms with Crippen molar-refractivity contribution in [1.29, 1.82) is 0 Å². The monoisotopic (exact) mass is 367 g/mol. The lowest BCUT2D eigenvalue weighted by Crippen LogP contribution is -2.34. The standard InChI is InChI=1S/C13H17F2NO5P2/c1-13(2,3)21-12(18)16-19-5-8(17)20-10-9(15)6(14)4-7(22)11(10)23/h4H,5,22-23H2,1-3H3,(H,16,18). The zero-order chi connectivity index (χ0) is 17.8. The molecule has 6 nitrogen and oxygen atoms in total. The Labute approximate surface area is 136 Å². The molecule has 1 N–H and O–H groups in total. The van der Waals surface area contributed by atoms with Crippen LogP contribution in [0.1, 0.15) is 20.8 Å². The van der Waals surface area contributed by atoms with Crippen molar-refractivity contribution in [3.05, 3.63) is 17.7 Å². The van der Waals surface area contributed by atoms with Gasteiger partial charge in [-0.1, -0.05) is 0 Å². The lowest BCUT2D eigenvalue weighted by molar-refractivity contribution is -0.142. The molecule has 0 bridgehead atoms. The third-order valence-electron chi connectivity index (χ3n) is 2.21. The van der Waals surface area contributed by atoms with E-state index in [2.05, 4.69) is 23.3 Å². The van der Waals surface area contributed by atoms with Crippen LogP contribution >= 0.6 is 18.5 Å². The van der Waals surface area contributed by atoms with Crippen LogP contribution in [0.2, 0.25) is 0 Å². The molecule has 2 atom stereocenters. The van der Waals surface area contributed by atoms with Gasteiger partial charge >= 0.3 is 12.1 Å². The maximum atomic E-state index is 13.6. The Kier molecular flexibility index (Phi) is 6.81. The Morgan fingerprint density at radius 1 is 1.26 bits per heavy atom. The van der Waals surface area contributed by atoms with Crippen molar-refractivity contribution in [2.24, 2.45) is 0 Å². The van der Waals surface area contributed by atoms with Gasteiger partial charge in [0, 0.05) is 5.30 Å². The van der Waals surface area contributed by atoms with Crippen molar-refractivity contribution in [2.45, 2.75) is 26.4 Å². The normalized spacial score (nSPS) is 11.1. The Morgan fingerprint density at radius 2 is 1.87 bits per heavy atom. The summed E-state index contributed by atoms with van der Waals surface area (Å²) in [6.45, 7) is 4.22. The second kappa shape index (κ2) is 7.95. The minimum absolute atomic E-state index is 0.169. The van der Waals surface area contributed by atoms with E-state index in [9.17, 15) is 18.4 Å². The lowest BCUT2D eigenvalue weighted by Gasteiger charge is -2.19. The first-order valence-corrected chi connectivity index (χ1v) is 7.51. The quantitative estimate of drug-likeness (QED) is 0.376. The Hall–Kier alpha value is -1.36. The molecule has 0 heterocycles. The molecule has 1 aromatic carbocycles. The smallest absolute Gasteiger partial charge is 0.431 e. The predicted octanol–water partition coefficient (Wildman–Crippen LogP) is 1.33. The summed E-state index contributed by atoms with van der Waals surface area (Å²) in [5, 5.41) is 0.479. The average molecular weight is 367 g/mol. The van der Waals surface area contributed by atoms with E-state index < -0.39 is 41.7 Å². The summed E-state index contributed by atoms with van der Waals surface area (Å²) in [5.74, 6) is -4.05. The van der Waals surface area contributed by atoms with E-state index in [-0.39, 0.29) is 5.30 Å². The first-order valence-electron chi connectivity index (χ1n) is 6.35. The van der Waals surface area contributed by atoms with Crippen LogP contribution in [0.4, 0.5) is 13.6 Å². The zero-order valence-electron chi connectivity index (χ0n) is 12.7. The Morgan fingerprint density at radius 3 is 2.43 bits per heavy atom. The van der Waals surface area contributed by atoms with Gasteiger partial charge in [0.15, 0.2) is 18.2 Å². The van der Waals surface area contributed by atoms with Crippen molar-refractivity contribution in [3.8, 4) is 5.75 Å². The minimum atomic E-state index is -1.30. The molecule has 0 aliphatic carbocycles. The van der Waals surface area contributed by atoms with Crippen LogP contribution in [0.15, 0.2) is 6.07 Å². The Balaban J connectivity index is 2.57. The molecular weight excluding hydrogens is 350 g/mol. The predicted molar refractivity (Wildman–Crippen MR) is 86.0 cm³/mol. The van der Waals surface area contributed by atoms with Gasteiger partial charge in [-0.2, -0.15) is 9.87 Å². The Bertz CT molecular complexity index is 593. The van der Waals surface area contributed by atoms with Gasteiger partial charge in [-0.3, -0.25) is 4.84 Å². The van der Waals surface area contributed by atoms with Crippen LogP contribution < -0.4 is 20.8 Å². The molecule has 23 heavy (non-hydrogen) atoms. The van der Waals surface area contributed by atoms with E-state index >= 15 is 0 Å². The van der Waals surface area contributed by atoms with Crippen molar-refractivity contribution in [1.82, 2.24) is 5.48 Å². The number of esters is 1. The fraction of sp³-hybridized carbons (Fsp3) is 0.385. The third kappa shape index (κ3) is 6.34. The minimum Gasteiger partial charge on any atom is -0.442 e. The molecule has 0 aliphatic rings. The van der Waals surface area contributed by atoms with Crippen LogP contribution in [0.5, 0.6) is 5.75 Å². The van der Waals surface area contributed by atoms with E-state index in [0.29, 0.717) is 5.30 Å². The number of rotatable bonds is 4. The fourth-order valence-corrected chi connectivity index (χ4v) is 1.88. The molecule has 0 fully saturated rings. The molecule has 1 amide bonds. The second-order valence-electron chi connectivity index (χ2n) is 5.37. The van der Waals surface area contributed by atoms with Gasteiger partial charge in [-0.05, 0) is 32.1 Å². The number of benzene rings is 1. The molecule has 1 aromatic rings. The summed E-state index contributed by atoms with van der Waals surface area (Å²) in [4.78, 5) is 27.4. The maximum absolute atomic E-state index is 13.6. The third-order valence-corrected chi connectivity index (χ3v) is 3.61. The SMILES string of the molecule is CC(C)(C)OC(=O)NOCC(=O)Oc1c(F)c(F)cc(P)c1P. The average Bonchev–Trinajstić information content (AvgIpc) is 2.39. The summed E-state index contributed by atoms with van der Waals surface area (Å²) >= 11 is 0. The highest BCUT2D eigenvalue weighted by atomic mass is 31.0. The van der Waals surface area contributed by atoms with Gasteiger partial charge in [0.05, 0.1) is 0 Å². The summed E-state index contributed by atoms with van der Waals surface area (Å²) < 4.78 is 36.5. The van der Waals surface area contributed by atoms with Crippen molar-refractivity contribution < 1.29 is 32.7 Å². The molecule has 1 rings (SSSR count). The molecule has 0 saturated heterocycles. The van der Waals surface area contributed by atoms with Crippen LogP contribution in [0.25, 0.3) is 0 Å². The maximum Gasteiger partial charge on any atom is 0.431 e. The van der Waals surface area contributed by atoms with Gasteiger partial charge in [-0.25, -0.2) is 14.0 Å². The number of nitrogens with one attached hydrogen (secondary N) is 1. The van der Waals surface area contributed by atoms with E-state index in [4.69, 9.17) is 9.47 Å². The number of hydrogen-bond donors (Lipinski definition) is 1. The van der Waals surface area contributed by atoms with Crippen LogP contribution in [-0.4, -0.2) is 24.3 Å². The molecule has 10 heteroatoms. The summed E-state index contributed by atoms with van der Waals surface area (Å²) in [7, 11) is 4.32. The summed E-state index contributed by atoms with van der Waals surface area (Å²) in [6, 6.07) is 0.945. The number of hydrogen-bond acceptors (Lipinski definition) is 5. The van der Waals surface area contributed by atoms with Gasteiger partial charge < -0.3 is 9.47 Å². The molecule has 0 spiro atoms. The van der Waals surface area contributed by atoms with Crippen molar-refractivity contribution >= 4 is 41.2 Å². The van der Waals surface area contributed by atoms with Gasteiger partial charge in [-0.15, -0.1) is 18.5 Å². The summed E-state index contributed by atoms with van der Waals surface area (Å²) in [5.41, 5.74) is 1.13. The first-order chi connectivity index (χ1) is 10.5. The molecule has 0 aromatic heterocycles. The topological polar surface area (TPSA) is 73.9 Å². The number of hydroxylamine groups is 1. The molecule has 128 valence electrons. The van der Waals surface area contributed by atoms with Crippen LogP contribution in [0.3, 0.4) is 0 Å². The number of ether oxygens (including phenoxy) is 2. The molecule has 0 saturated carbocycles. The highest BCUT2D eigenvalue weighted by molar-refractivity contribution is 7.36. The van der Waals surface area contributed by atoms with Crippen LogP contribution in [0, 0.1) is 11.6 Å².